The average molecular weight is 1090 g/mol. The highest BCUT2D eigenvalue weighted by molar-refractivity contribution is 5.69. The zero-order valence-electron chi connectivity index (χ0n) is 48.8. The highest BCUT2D eigenvalue weighted by atomic mass is 16.7. The minimum atomic E-state index is -1.70. The van der Waals surface area contributed by atoms with Crippen LogP contribution < -0.4 is 0 Å². The van der Waals surface area contributed by atoms with E-state index in [4.69, 9.17) is 28.4 Å². The molecular weight excluding hydrogens is 969 g/mol. The van der Waals surface area contributed by atoms with Crippen LogP contribution in [0.5, 0.6) is 0 Å². The van der Waals surface area contributed by atoms with E-state index in [1.54, 1.807) is 0 Å². The van der Waals surface area contributed by atoms with Gasteiger partial charge < -0.3 is 64.2 Å². The van der Waals surface area contributed by atoms with Gasteiger partial charge in [-0.3, -0.25) is 4.79 Å². The van der Waals surface area contributed by atoms with Crippen molar-refractivity contribution in [1.82, 2.24) is 0 Å². The highest BCUT2D eigenvalue weighted by Gasteiger charge is 2.47. The second-order valence-corrected chi connectivity index (χ2v) is 23.0. The van der Waals surface area contributed by atoms with Crippen LogP contribution in [0.1, 0.15) is 290 Å². The summed E-state index contributed by atoms with van der Waals surface area (Å²) in [7, 11) is 0. The third kappa shape index (κ3) is 35.7. The van der Waals surface area contributed by atoms with Crippen LogP contribution in [0.4, 0.5) is 0 Å². The van der Waals surface area contributed by atoms with Crippen molar-refractivity contribution in [1.29, 1.82) is 0 Å². The number of hydrogen-bond acceptors (Lipinski definition) is 14. The first-order chi connectivity index (χ1) is 37.1. The molecule has 2 aliphatic heterocycles. The topological polar surface area (TPSA) is 214 Å². The molecular formula is C62H120O14. The third-order valence-corrected chi connectivity index (χ3v) is 15.9. The van der Waals surface area contributed by atoms with E-state index in [9.17, 15) is 40.5 Å². The number of aliphatic hydroxyl groups is 7. The van der Waals surface area contributed by atoms with Crippen LogP contribution in [0, 0.1) is 0 Å². The van der Waals surface area contributed by atoms with Crippen molar-refractivity contribution in [2.45, 2.75) is 357 Å². The summed E-state index contributed by atoms with van der Waals surface area (Å²) in [6, 6.07) is 0. The molecule has 7 N–H and O–H groups in total. The third-order valence-electron chi connectivity index (χ3n) is 15.9. The van der Waals surface area contributed by atoms with Crippen molar-refractivity contribution in [2.75, 3.05) is 33.0 Å². The molecule has 2 saturated heterocycles. The summed E-state index contributed by atoms with van der Waals surface area (Å²) in [6.45, 7) is 3.78. The molecule has 2 aliphatic rings. The van der Waals surface area contributed by atoms with Crippen molar-refractivity contribution in [3.8, 4) is 0 Å². The zero-order chi connectivity index (χ0) is 55.1. The van der Waals surface area contributed by atoms with Gasteiger partial charge in [0.25, 0.3) is 0 Å². The summed E-state index contributed by atoms with van der Waals surface area (Å²) >= 11 is 0. The summed E-state index contributed by atoms with van der Waals surface area (Å²) < 4.78 is 34.5. The molecule has 0 aromatic heterocycles. The number of hydrogen-bond donors (Lipinski definition) is 7. The van der Waals surface area contributed by atoms with Gasteiger partial charge in [-0.05, 0) is 12.8 Å². The number of unbranched alkanes of at least 4 members (excludes halogenated alkanes) is 40. The molecule has 452 valence electrons. The average Bonchev–Trinajstić information content (AvgIpc) is 3.42. The summed E-state index contributed by atoms with van der Waals surface area (Å²) in [5.74, 6) is -0.365. The molecule has 2 rings (SSSR count). The van der Waals surface area contributed by atoms with Gasteiger partial charge in [0.1, 0.15) is 54.9 Å². The van der Waals surface area contributed by atoms with Crippen LogP contribution in [0.2, 0.25) is 0 Å². The Morgan fingerprint density at radius 2 is 0.697 bits per heavy atom. The minimum Gasteiger partial charge on any atom is -0.457 e. The molecule has 11 unspecified atom stereocenters. The monoisotopic (exact) mass is 1090 g/mol. The van der Waals surface area contributed by atoms with Gasteiger partial charge in [0.15, 0.2) is 12.6 Å². The van der Waals surface area contributed by atoms with Gasteiger partial charge in [-0.25, -0.2) is 0 Å². The molecule has 0 bridgehead atoms. The van der Waals surface area contributed by atoms with Gasteiger partial charge in [-0.1, -0.05) is 271 Å². The number of carbonyl (C=O) groups excluding carboxylic acids is 1. The molecule has 0 radical (unpaired) electrons. The number of aliphatic hydroxyl groups excluding tert-OH is 7. The predicted octanol–water partition coefficient (Wildman–Crippen LogP) is 12.4. The Bertz CT molecular complexity index is 1260. The number of rotatable bonds is 54. The Morgan fingerprint density at radius 3 is 1.07 bits per heavy atom. The van der Waals surface area contributed by atoms with Crippen LogP contribution in [0.3, 0.4) is 0 Å². The first-order valence-corrected chi connectivity index (χ1v) is 32.1. The van der Waals surface area contributed by atoms with Gasteiger partial charge >= 0.3 is 5.97 Å². The predicted molar refractivity (Wildman–Crippen MR) is 303 cm³/mol. The molecule has 0 aromatic carbocycles. The minimum absolute atomic E-state index is 0.0711. The van der Waals surface area contributed by atoms with Gasteiger partial charge in [-0.15, -0.1) is 0 Å². The SMILES string of the molecule is CCCCCCCCCCCCCCCCCCCCCCCCCCCC(=O)OC(COCCCCCCCCCCCCCCCCCCC)COC1OC(COC2OC(CO)C(O)C(O)C2O)C(O)C(O)C1O. The molecule has 0 amide bonds. The lowest BCUT2D eigenvalue weighted by molar-refractivity contribution is -0.332. The lowest BCUT2D eigenvalue weighted by Crippen LogP contribution is -2.61. The smallest absolute Gasteiger partial charge is 0.306 e. The molecule has 2 fully saturated rings. The first-order valence-electron chi connectivity index (χ1n) is 32.1. The summed E-state index contributed by atoms with van der Waals surface area (Å²) in [5.41, 5.74) is 0. The van der Waals surface area contributed by atoms with E-state index in [-0.39, 0.29) is 25.6 Å². The summed E-state index contributed by atoms with van der Waals surface area (Å²) in [6.07, 6.45) is 38.9. The number of esters is 1. The Morgan fingerprint density at radius 1 is 0.382 bits per heavy atom. The van der Waals surface area contributed by atoms with Crippen LogP contribution in [-0.4, -0.2) is 142 Å². The quantitative estimate of drug-likeness (QED) is 0.0223. The number of carbonyl (C=O) groups is 1. The molecule has 14 nitrogen and oxygen atoms in total. The second-order valence-electron chi connectivity index (χ2n) is 23.0. The Balaban J connectivity index is 1.65. The van der Waals surface area contributed by atoms with Gasteiger partial charge in [-0.2, -0.15) is 0 Å². The standard InChI is InChI=1S/C62H120O14/c1-3-5-7-9-11-13-15-17-19-21-22-23-24-25-26-27-28-29-31-33-35-37-39-41-43-45-54(64)74-51(48-71-46-44-42-40-38-36-34-32-30-20-18-16-14-12-10-8-6-4-2)49-72-61-60(70)58(68)56(66)53(76-61)50-73-62-59(69)57(67)55(65)52(47-63)75-62/h51-53,55-63,65-70H,3-50H2,1-2H3. The Kier molecular flexibility index (Phi) is 46.6. The molecule has 0 aliphatic carbocycles. The lowest BCUT2D eigenvalue weighted by Gasteiger charge is -2.42. The van der Waals surface area contributed by atoms with Crippen molar-refractivity contribution in [2.24, 2.45) is 0 Å². The van der Waals surface area contributed by atoms with Crippen molar-refractivity contribution < 1.29 is 69.0 Å². The Hall–Kier alpha value is -1.01. The van der Waals surface area contributed by atoms with E-state index in [1.165, 1.54) is 225 Å². The molecule has 76 heavy (non-hydrogen) atoms. The molecule has 0 aromatic rings. The van der Waals surface area contributed by atoms with E-state index >= 15 is 0 Å². The number of ether oxygens (including phenoxy) is 6. The summed E-state index contributed by atoms with van der Waals surface area (Å²) in [5, 5.41) is 72.4. The van der Waals surface area contributed by atoms with Crippen molar-refractivity contribution in [3.63, 3.8) is 0 Å². The van der Waals surface area contributed by atoms with Crippen molar-refractivity contribution >= 4 is 5.97 Å². The van der Waals surface area contributed by atoms with Crippen LogP contribution in [-0.2, 0) is 33.2 Å². The fourth-order valence-electron chi connectivity index (χ4n) is 10.7. The van der Waals surface area contributed by atoms with Gasteiger partial charge in [0, 0.05) is 13.0 Å². The zero-order valence-corrected chi connectivity index (χ0v) is 48.8. The second kappa shape index (κ2) is 49.8. The molecule has 14 heteroatoms. The van der Waals surface area contributed by atoms with Crippen LogP contribution >= 0.6 is 0 Å². The van der Waals surface area contributed by atoms with Crippen LogP contribution in [0.15, 0.2) is 0 Å². The fourth-order valence-corrected chi connectivity index (χ4v) is 10.7. The highest BCUT2D eigenvalue weighted by Crippen LogP contribution is 2.27. The first kappa shape index (κ1) is 71.1. The lowest BCUT2D eigenvalue weighted by atomic mass is 9.98. The van der Waals surface area contributed by atoms with Gasteiger partial charge in [0.2, 0.25) is 0 Å². The van der Waals surface area contributed by atoms with E-state index < -0.39 is 80.7 Å². The molecule has 0 saturated carbocycles. The largest absolute Gasteiger partial charge is 0.457 e. The normalized spacial score (nSPS) is 24.3. The molecule has 0 spiro atoms. The van der Waals surface area contributed by atoms with E-state index in [0.29, 0.717) is 6.61 Å². The maximum Gasteiger partial charge on any atom is 0.306 e. The fraction of sp³-hybridized carbons (Fsp3) is 0.984. The molecule has 2 heterocycles. The van der Waals surface area contributed by atoms with Crippen molar-refractivity contribution in [3.05, 3.63) is 0 Å². The van der Waals surface area contributed by atoms with E-state index in [0.717, 1.165) is 44.9 Å². The van der Waals surface area contributed by atoms with Crippen LogP contribution in [0.25, 0.3) is 0 Å². The maximum absolute atomic E-state index is 13.1. The maximum atomic E-state index is 13.1. The van der Waals surface area contributed by atoms with Gasteiger partial charge in [0.05, 0.1) is 26.4 Å². The Labute approximate surface area is 463 Å². The van der Waals surface area contributed by atoms with E-state index in [2.05, 4.69) is 13.8 Å². The molecule has 11 atom stereocenters. The summed E-state index contributed by atoms with van der Waals surface area (Å²) in [4.78, 5) is 13.1. The van der Waals surface area contributed by atoms with E-state index in [1.807, 2.05) is 0 Å².